The number of halogens is 1. The van der Waals surface area contributed by atoms with Gasteiger partial charge in [-0.2, -0.15) is 0 Å². The van der Waals surface area contributed by atoms with Gasteiger partial charge in [0.25, 0.3) is 0 Å². The van der Waals surface area contributed by atoms with Crippen LogP contribution in [-0.4, -0.2) is 27.5 Å². The Morgan fingerprint density at radius 2 is 2.38 bits per heavy atom. The van der Waals surface area contributed by atoms with Gasteiger partial charge >= 0.3 is 0 Å². The summed E-state index contributed by atoms with van der Waals surface area (Å²) in [6.07, 6.45) is 1.61. The smallest absolute Gasteiger partial charge is 0.223 e. The molecule has 6 heteroatoms. The fourth-order valence-corrected chi connectivity index (χ4v) is 2.21. The lowest BCUT2D eigenvalue weighted by Gasteiger charge is -2.11. The Morgan fingerprint density at radius 1 is 1.54 bits per heavy atom. The van der Waals surface area contributed by atoms with Crippen molar-refractivity contribution in [3.63, 3.8) is 0 Å². The molecule has 0 aromatic carbocycles. The lowest BCUT2D eigenvalue weighted by Crippen LogP contribution is -2.23. The third-order valence-corrected chi connectivity index (χ3v) is 2.94. The molecule has 1 aliphatic heterocycles. The third kappa shape index (κ3) is 1.97. The van der Waals surface area contributed by atoms with E-state index in [1.165, 1.54) is 11.3 Å². The molecule has 13 heavy (non-hydrogen) atoms. The summed E-state index contributed by atoms with van der Waals surface area (Å²) in [5, 5.41) is 8.34. The minimum atomic E-state index is 0.200. The number of aromatic nitrogens is 2. The van der Waals surface area contributed by atoms with Crippen LogP contribution in [0, 0.1) is 0 Å². The Hall–Kier alpha value is -0.680. The Labute approximate surface area is 84.5 Å². The molecule has 0 radical (unpaired) electrons. The van der Waals surface area contributed by atoms with Crippen LogP contribution in [0.25, 0.3) is 0 Å². The van der Waals surface area contributed by atoms with E-state index < -0.39 is 0 Å². The van der Waals surface area contributed by atoms with E-state index in [0.29, 0.717) is 17.4 Å². The molecule has 0 bridgehead atoms. The number of hydrogen-bond donors (Lipinski definition) is 0. The maximum absolute atomic E-state index is 11.2. The molecular weight excluding hydrogens is 210 g/mol. The van der Waals surface area contributed by atoms with Crippen LogP contribution >= 0.6 is 22.9 Å². The first-order valence-corrected chi connectivity index (χ1v) is 5.21. The van der Waals surface area contributed by atoms with Crippen molar-refractivity contribution < 1.29 is 4.79 Å². The molecule has 1 amide bonds. The predicted octanol–water partition coefficient (Wildman–Crippen LogP) is 1.31. The Balaban J connectivity index is 2.01. The highest BCUT2D eigenvalue weighted by Gasteiger charge is 2.21. The summed E-state index contributed by atoms with van der Waals surface area (Å²) in [5.41, 5.74) is 0. The molecule has 1 saturated heterocycles. The van der Waals surface area contributed by atoms with Crippen LogP contribution < -0.4 is 0 Å². The lowest BCUT2D eigenvalue weighted by molar-refractivity contribution is -0.128. The van der Waals surface area contributed by atoms with E-state index in [-0.39, 0.29) is 5.91 Å². The zero-order valence-electron chi connectivity index (χ0n) is 6.86. The van der Waals surface area contributed by atoms with E-state index in [9.17, 15) is 4.79 Å². The molecule has 2 rings (SSSR count). The fraction of sp³-hybridized carbons (Fsp3) is 0.571. The number of amides is 1. The first-order chi connectivity index (χ1) is 6.25. The van der Waals surface area contributed by atoms with Crippen LogP contribution in [0.15, 0.2) is 0 Å². The van der Waals surface area contributed by atoms with Gasteiger partial charge < -0.3 is 4.90 Å². The van der Waals surface area contributed by atoms with E-state index in [4.69, 9.17) is 11.6 Å². The quantitative estimate of drug-likeness (QED) is 0.751. The monoisotopic (exact) mass is 217 g/mol. The molecule has 0 unspecified atom stereocenters. The van der Waals surface area contributed by atoms with Gasteiger partial charge in [0, 0.05) is 13.0 Å². The minimum absolute atomic E-state index is 0.200. The topological polar surface area (TPSA) is 46.1 Å². The molecule has 1 aromatic heterocycles. The normalized spacial score (nSPS) is 17.0. The molecule has 0 aliphatic carbocycles. The van der Waals surface area contributed by atoms with Crippen molar-refractivity contribution in [1.29, 1.82) is 0 Å². The average molecular weight is 218 g/mol. The summed E-state index contributed by atoms with van der Waals surface area (Å²) in [5.74, 6) is 0.200. The maximum Gasteiger partial charge on any atom is 0.223 e. The van der Waals surface area contributed by atoms with Crippen molar-refractivity contribution in [2.75, 3.05) is 6.54 Å². The number of rotatable bonds is 2. The SMILES string of the molecule is O=C1CCCN1Cc1nnc(Cl)s1. The van der Waals surface area contributed by atoms with E-state index in [2.05, 4.69) is 10.2 Å². The number of carbonyl (C=O) groups excluding carboxylic acids is 1. The number of carbonyl (C=O) groups is 1. The minimum Gasteiger partial charge on any atom is -0.336 e. The first kappa shape index (κ1) is 8.90. The van der Waals surface area contributed by atoms with Gasteiger partial charge in [-0.1, -0.05) is 11.3 Å². The molecule has 0 spiro atoms. The van der Waals surface area contributed by atoms with Crippen LogP contribution in [-0.2, 0) is 11.3 Å². The summed E-state index contributed by atoms with van der Waals surface area (Å²) < 4.78 is 0.432. The molecule has 1 aliphatic rings. The van der Waals surface area contributed by atoms with E-state index in [1.807, 2.05) is 0 Å². The second-order valence-corrected chi connectivity index (χ2v) is 4.51. The van der Waals surface area contributed by atoms with Gasteiger partial charge in [-0.3, -0.25) is 4.79 Å². The van der Waals surface area contributed by atoms with Crippen LogP contribution in [0.3, 0.4) is 0 Å². The van der Waals surface area contributed by atoms with Crippen LogP contribution in [0.4, 0.5) is 0 Å². The Morgan fingerprint density at radius 3 is 2.92 bits per heavy atom. The molecule has 4 nitrogen and oxygen atoms in total. The van der Waals surface area contributed by atoms with E-state index >= 15 is 0 Å². The van der Waals surface area contributed by atoms with Crippen molar-refractivity contribution in [3.05, 3.63) is 9.47 Å². The molecule has 0 atom stereocenters. The summed E-state index contributed by atoms with van der Waals surface area (Å²) in [6.45, 7) is 1.39. The fourth-order valence-electron chi connectivity index (χ4n) is 1.33. The zero-order valence-corrected chi connectivity index (χ0v) is 8.44. The molecule has 1 fully saturated rings. The van der Waals surface area contributed by atoms with Crippen molar-refractivity contribution in [2.24, 2.45) is 0 Å². The summed E-state index contributed by atoms with van der Waals surface area (Å²) in [4.78, 5) is 13.0. The van der Waals surface area contributed by atoms with Crippen LogP contribution in [0.5, 0.6) is 0 Å². The van der Waals surface area contributed by atoms with Gasteiger partial charge in [-0.15, -0.1) is 10.2 Å². The van der Waals surface area contributed by atoms with Gasteiger partial charge in [0.05, 0.1) is 6.54 Å². The van der Waals surface area contributed by atoms with Gasteiger partial charge in [-0.05, 0) is 18.0 Å². The van der Waals surface area contributed by atoms with Gasteiger partial charge in [0.2, 0.25) is 10.4 Å². The summed E-state index contributed by atoms with van der Waals surface area (Å²) in [7, 11) is 0. The number of likely N-dealkylation sites (tertiary alicyclic amines) is 1. The molecule has 0 saturated carbocycles. The predicted molar refractivity (Wildman–Crippen MR) is 49.6 cm³/mol. The van der Waals surface area contributed by atoms with E-state index in [0.717, 1.165) is 18.0 Å². The molecule has 2 heterocycles. The second-order valence-electron chi connectivity index (χ2n) is 2.87. The highest BCUT2D eigenvalue weighted by Crippen LogP contribution is 2.19. The highest BCUT2D eigenvalue weighted by atomic mass is 35.5. The van der Waals surface area contributed by atoms with Gasteiger partial charge in [-0.25, -0.2) is 0 Å². The maximum atomic E-state index is 11.2. The molecule has 70 valence electrons. The molecule has 1 aromatic rings. The molecular formula is C7H8ClN3OS. The Kier molecular flexibility index (Phi) is 2.46. The van der Waals surface area contributed by atoms with Crippen LogP contribution in [0.2, 0.25) is 4.47 Å². The largest absolute Gasteiger partial charge is 0.336 e. The van der Waals surface area contributed by atoms with Crippen molar-refractivity contribution in [2.45, 2.75) is 19.4 Å². The summed E-state index contributed by atoms with van der Waals surface area (Å²) in [6, 6.07) is 0. The number of hydrogen-bond acceptors (Lipinski definition) is 4. The average Bonchev–Trinajstić information content (AvgIpc) is 2.64. The van der Waals surface area contributed by atoms with Gasteiger partial charge in [0.1, 0.15) is 5.01 Å². The molecule has 0 N–H and O–H groups in total. The van der Waals surface area contributed by atoms with Gasteiger partial charge in [0.15, 0.2) is 0 Å². The lowest BCUT2D eigenvalue weighted by atomic mass is 10.4. The van der Waals surface area contributed by atoms with Crippen molar-refractivity contribution in [1.82, 2.24) is 15.1 Å². The van der Waals surface area contributed by atoms with Crippen molar-refractivity contribution in [3.8, 4) is 0 Å². The number of nitrogens with zero attached hydrogens (tertiary/aromatic N) is 3. The zero-order chi connectivity index (χ0) is 9.26. The highest BCUT2D eigenvalue weighted by molar-refractivity contribution is 7.15. The van der Waals surface area contributed by atoms with E-state index in [1.54, 1.807) is 4.90 Å². The third-order valence-electron chi connectivity index (χ3n) is 1.94. The Bertz CT molecular complexity index is 327. The van der Waals surface area contributed by atoms with Crippen LogP contribution in [0.1, 0.15) is 17.8 Å². The second kappa shape index (κ2) is 3.59. The van der Waals surface area contributed by atoms with Crippen molar-refractivity contribution >= 4 is 28.8 Å². The standard InChI is InChI=1S/C7H8ClN3OS/c8-7-10-9-5(13-7)4-11-3-1-2-6(11)12/h1-4H2. The summed E-state index contributed by atoms with van der Waals surface area (Å²) >= 11 is 6.95. The first-order valence-electron chi connectivity index (χ1n) is 4.01.